The van der Waals surface area contributed by atoms with E-state index in [2.05, 4.69) is 46.5 Å². The zero-order valence-electron chi connectivity index (χ0n) is 15.8. The van der Waals surface area contributed by atoms with Crippen molar-refractivity contribution in [3.8, 4) is 11.3 Å². The molecular weight excluding hydrogens is 339 g/mol. The first-order chi connectivity index (χ1) is 13.0. The zero-order valence-corrected chi connectivity index (χ0v) is 15.8. The minimum Gasteiger partial charge on any atom is -0.370 e. The van der Waals surface area contributed by atoms with Crippen LogP contribution in [0.5, 0.6) is 0 Å². The molecule has 1 aromatic carbocycles. The molecule has 27 heavy (non-hydrogen) atoms. The summed E-state index contributed by atoms with van der Waals surface area (Å²) in [6.07, 6.45) is 3.92. The van der Waals surface area contributed by atoms with Crippen LogP contribution in [0.2, 0.25) is 0 Å². The van der Waals surface area contributed by atoms with Crippen LogP contribution in [0.3, 0.4) is 0 Å². The summed E-state index contributed by atoms with van der Waals surface area (Å²) in [5.74, 6) is 0.0661. The summed E-state index contributed by atoms with van der Waals surface area (Å²) in [6, 6.07) is 13.6. The van der Waals surface area contributed by atoms with Gasteiger partial charge in [-0.1, -0.05) is 44.2 Å². The molecular formula is C22H25FN4. The van der Waals surface area contributed by atoms with Gasteiger partial charge in [-0.2, -0.15) is 9.49 Å². The largest absolute Gasteiger partial charge is 0.370 e. The smallest absolute Gasteiger partial charge is 0.215 e. The number of aromatic amines is 1. The number of rotatable bonds is 5. The number of benzene rings is 1. The van der Waals surface area contributed by atoms with E-state index in [0.29, 0.717) is 12.4 Å². The number of aromatic nitrogens is 3. The molecule has 3 aromatic rings. The standard InChI is InChI=1S/C22H25FN4/c1-22(2)10-8-17-18(14-22)26-27-21(17)16-12-19(23)25-20(13-16)24-11-9-15-6-4-3-5-7-15/h3-7,12-13H,8-11,14H2,1-2H3,(H,24,25)(H,26,27). The van der Waals surface area contributed by atoms with Crippen molar-refractivity contribution in [2.45, 2.75) is 39.5 Å². The fraction of sp³-hybridized carbons (Fsp3) is 0.364. The van der Waals surface area contributed by atoms with Crippen LogP contribution in [0.15, 0.2) is 42.5 Å². The van der Waals surface area contributed by atoms with Crippen LogP contribution in [0, 0.1) is 11.4 Å². The third-order valence-electron chi connectivity index (χ3n) is 5.29. The third kappa shape index (κ3) is 4.02. The van der Waals surface area contributed by atoms with Gasteiger partial charge >= 0.3 is 0 Å². The van der Waals surface area contributed by atoms with Crippen LogP contribution >= 0.6 is 0 Å². The molecule has 140 valence electrons. The average Bonchev–Trinajstić information content (AvgIpc) is 3.04. The monoisotopic (exact) mass is 364 g/mol. The Labute approximate surface area is 159 Å². The van der Waals surface area contributed by atoms with Crippen molar-refractivity contribution in [2.75, 3.05) is 11.9 Å². The fourth-order valence-corrected chi connectivity index (χ4v) is 3.79. The lowest BCUT2D eigenvalue weighted by atomic mass is 9.76. The van der Waals surface area contributed by atoms with E-state index < -0.39 is 5.95 Å². The summed E-state index contributed by atoms with van der Waals surface area (Å²) in [7, 11) is 0. The van der Waals surface area contributed by atoms with Crippen LogP contribution in [-0.2, 0) is 19.3 Å². The van der Waals surface area contributed by atoms with E-state index in [-0.39, 0.29) is 5.41 Å². The van der Waals surface area contributed by atoms with E-state index in [1.54, 1.807) is 0 Å². The molecule has 0 bridgehead atoms. The highest BCUT2D eigenvalue weighted by molar-refractivity contribution is 5.67. The number of nitrogens with zero attached hydrogens (tertiary/aromatic N) is 2. The van der Waals surface area contributed by atoms with Gasteiger partial charge in [0.25, 0.3) is 0 Å². The van der Waals surface area contributed by atoms with Crippen LogP contribution < -0.4 is 5.32 Å². The molecule has 4 nitrogen and oxygen atoms in total. The molecule has 2 N–H and O–H groups in total. The van der Waals surface area contributed by atoms with Crippen LogP contribution in [-0.4, -0.2) is 21.7 Å². The number of anilines is 1. The van der Waals surface area contributed by atoms with Crippen molar-refractivity contribution in [3.05, 3.63) is 65.2 Å². The number of halogens is 1. The number of hydrogen-bond donors (Lipinski definition) is 2. The van der Waals surface area contributed by atoms with Gasteiger partial charge < -0.3 is 5.32 Å². The van der Waals surface area contributed by atoms with Gasteiger partial charge in [-0.15, -0.1) is 0 Å². The Bertz CT molecular complexity index is 931. The fourth-order valence-electron chi connectivity index (χ4n) is 3.79. The Morgan fingerprint density at radius 3 is 2.81 bits per heavy atom. The van der Waals surface area contributed by atoms with Crippen molar-refractivity contribution < 1.29 is 4.39 Å². The number of pyridine rings is 1. The lowest BCUT2D eigenvalue weighted by Crippen LogP contribution is -2.21. The maximum absolute atomic E-state index is 14.1. The zero-order chi connectivity index (χ0) is 18.9. The summed E-state index contributed by atoms with van der Waals surface area (Å²) in [5, 5.41) is 10.9. The maximum atomic E-state index is 14.1. The summed E-state index contributed by atoms with van der Waals surface area (Å²) in [6.45, 7) is 5.25. The first kappa shape index (κ1) is 17.7. The lowest BCUT2D eigenvalue weighted by molar-refractivity contribution is 0.312. The molecule has 2 aromatic heterocycles. The minimum atomic E-state index is -0.484. The summed E-state index contributed by atoms with van der Waals surface area (Å²) < 4.78 is 14.1. The Kier molecular flexibility index (Phi) is 4.68. The van der Waals surface area contributed by atoms with Gasteiger partial charge in [-0.3, -0.25) is 5.10 Å². The van der Waals surface area contributed by atoms with Crippen molar-refractivity contribution >= 4 is 5.82 Å². The Hall–Kier alpha value is -2.69. The second-order valence-corrected chi connectivity index (χ2v) is 8.10. The molecule has 0 amide bonds. The van der Waals surface area contributed by atoms with Gasteiger partial charge in [0, 0.05) is 29.4 Å². The van der Waals surface area contributed by atoms with Gasteiger partial charge in [0.05, 0.1) is 5.69 Å². The highest BCUT2D eigenvalue weighted by atomic mass is 19.1. The Balaban J connectivity index is 1.52. The molecule has 2 heterocycles. The first-order valence-electron chi connectivity index (χ1n) is 9.52. The van der Waals surface area contributed by atoms with E-state index in [9.17, 15) is 4.39 Å². The van der Waals surface area contributed by atoms with Crippen molar-refractivity contribution in [3.63, 3.8) is 0 Å². The van der Waals surface area contributed by atoms with E-state index in [1.165, 1.54) is 22.9 Å². The maximum Gasteiger partial charge on any atom is 0.215 e. The molecule has 0 radical (unpaired) electrons. The van der Waals surface area contributed by atoms with E-state index in [0.717, 1.165) is 36.9 Å². The molecule has 0 atom stereocenters. The van der Waals surface area contributed by atoms with Crippen LogP contribution in [0.25, 0.3) is 11.3 Å². The van der Waals surface area contributed by atoms with Crippen LogP contribution in [0.1, 0.15) is 37.1 Å². The van der Waals surface area contributed by atoms with E-state index in [1.807, 2.05) is 24.3 Å². The number of fused-ring (bicyclic) bond motifs is 1. The SMILES string of the molecule is CC1(C)CCc2c(-c3cc(F)nc(NCCc4ccccc4)c3)n[nH]c2C1. The Morgan fingerprint density at radius 1 is 1.19 bits per heavy atom. The van der Waals surface area contributed by atoms with Crippen molar-refractivity contribution in [2.24, 2.45) is 5.41 Å². The molecule has 1 aliphatic carbocycles. The number of nitrogens with one attached hydrogen (secondary N) is 2. The second kappa shape index (κ2) is 7.14. The van der Waals surface area contributed by atoms with Crippen molar-refractivity contribution in [1.82, 2.24) is 15.2 Å². The highest BCUT2D eigenvalue weighted by Crippen LogP contribution is 2.38. The highest BCUT2D eigenvalue weighted by Gasteiger charge is 2.29. The molecule has 0 spiro atoms. The predicted molar refractivity (Wildman–Crippen MR) is 106 cm³/mol. The van der Waals surface area contributed by atoms with Gasteiger partial charge in [0.1, 0.15) is 5.82 Å². The van der Waals surface area contributed by atoms with Gasteiger partial charge in [0.2, 0.25) is 5.95 Å². The molecule has 4 rings (SSSR count). The summed E-state index contributed by atoms with van der Waals surface area (Å²) >= 11 is 0. The van der Waals surface area contributed by atoms with Crippen molar-refractivity contribution in [1.29, 1.82) is 0 Å². The van der Waals surface area contributed by atoms with Gasteiger partial charge in [-0.25, -0.2) is 4.98 Å². The quantitative estimate of drug-likeness (QED) is 0.641. The summed E-state index contributed by atoms with van der Waals surface area (Å²) in [5.41, 5.74) is 5.55. The molecule has 5 heteroatoms. The normalized spacial score (nSPS) is 15.4. The van der Waals surface area contributed by atoms with Crippen LogP contribution in [0.4, 0.5) is 10.2 Å². The predicted octanol–water partition coefficient (Wildman–Crippen LogP) is 4.78. The van der Waals surface area contributed by atoms with E-state index in [4.69, 9.17) is 0 Å². The van der Waals surface area contributed by atoms with Gasteiger partial charge in [-0.05, 0) is 42.7 Å². The lowest BCUT2D eigenvalue weighted by Gasteiger charge is -2.29. The number of hydrogen-bond acceptors (Lipinski definition) is 3. The second-order valence-electron chi connectivity index (χ2n) is 8.10. The molecule has 0 unspecified atom stereocenters. The minimum absolute atomic E-state index is 0.282. The molecule has 0 saturated carbocycles. The third-order valence-corrected chi connectivity index (χ3v) is 5.29. The molecule has 1 aliphatic rings. The Morgan fingerprint density at radius 2 is 2.00 bits per heavy atom. The molecule has 0 fully saturated rings. The number of H-pyrrole nitrogens is 1. The molecule has 0 aliphatic heterocycles. The van der Waals surface area contributed by atoms with Gasteiger partial charge in [0.15, 0.2) is 0 Å². The van der Waals surface area contributed by atoms with E-state index >= 15 is 0 Å². The summed E-state index contributed by atoms with van der Waals surface area (Å²) in [4.78, 5) is 3.99. The first-order valence-corrected chi connectivity index (χ1v) is 9.52. The topological polar surface area (TPSA) is 53.6 Å². The average molecular weight is 364 g/mol. The molecule has 0 saturated heterocycles.